The largest absolute Gasteiger partial charge is 0.388 e. The van der Waals surface area contributed by atoms with Crippen molar-refractivity contribution in [2.24, 2.45) is 0 Å². The fourth-order valence-electron chi connectivity index (χ4n) is 0.732. The second-order valence-corrected chi connectivity index (χ2v) is 2.77. The molecule has 0 radical (unpaired) electrons. The summed E-state index contributed by atoms with van der Waals surface area (Å²) in [6, 6.07) is 7.47. The van der Waals surface area contributed by atoms with Gasteiger partial charge in [-0.3, -0.25) is 0 Å². The van der Waals surface area contributed by atoms with Gasteiger partial charge < -0.3 is 5.32 Å². The molecule has 0 heterocycles. The van der Waals surface area contributed by atoms with Gasteiger partial charge in [0.2, 0.25) is 0 Å². The van der Waals surface area contributed by atoms with E-state index in [4.69, 9.17) is 5.26 Å². The fourth-order valence-corrected chi connectivity index (χ4v) is 1.09. The van der Waals surface area contributed by atoms with Crippen LogP contribution in [0.1, 0.15) is 0 Å². The summed E-state index contributed by atoms with van der Waals surface area (Å²) in [4.78, 5) is 0.850. The van der Waals surface area contributed by atoms with Crippen LogP contribution in [0.4, 0.5) is 5.69 Å². The molecule has 12 heavy (non-hydrogen) atoms. The summed E-state index contributed by atoms with van der Waals surface area (Å²) in [5, 5.41) is 14.3. The molecule has 0 amide bonds. The average Bonchev–Trinajstić information content (AvgIpc) is 2.15. The Kier molecular flexibility index (Phi) is 3.89. The first-order valence-corrected chi connectivity index (χ1v) is 4.03. The van der Waals surface area contributed by atoms with Gasteiger partial charge in [-0.2, -0.15) is 0 Å². The van der Waals surface area contributed by atoms with Gasteiger partial charge in [0.1, 0.15) is 0 Å². The maximum Gasteiger partial charge on any atom is 0.0714 e. The topological polar surface area (TPSA) is 50.7 Å². The van der Waals surface area contributed by atoms with Gasteiger partial charge in [-0.15, -0.1) is 4.33 Å². The van der Waals surface area contributed by atoms with Gasteiger partial charge in [-0.05, 0) is 24.3 Å². The summed E-state index contributed by atoms with van der Waals surface area (Å²) in [6.45, 7) is 0. The van der Waals surface area contributed by atoms with Crippen molar-refractivity contribution in [2.75, 3.05) is 12.4 Å². The van der Waals surface area contributed by atoms with Gasteiger partial charge in [0, 0.05) is 17.6 Å². The number of nitrogens with one attached hydrogen (secondary N) is 1. The molecule has 2 N–H and O–H groups in total. The van der Waals surface area contributed by atoms with Gasteiger partial charge in [0.25, 0.3) is 0 Å². The van der Waals surface area contributed by atoms with Crippen molar-refractivity contribution in [1.82, 2.24) is 0 Å². The molecule has 0 atom stereocenters. The van der Waals surface area contributed by atoms with E-state index in [0.29, 0.717) is 0 Å². The predicted octanol–water partition coefficient (Wildman–Crippen LogP) is 2.16. The molecule has 0 saturated carbocycles. The molecule has 0 aromatic heterocycles. The molecule has 1 rings (SSSR count). The zero-order valence-electron chi connectivity index (χ0n) is 6.48. The predicted molar refractivity (Wildman–Crippen MR) is 46.6 cm³/mol. The highest BCUT2D eigenvalue weighted by atomic mass is 32.2. The Hall–Kier alpha value is -0.750. The van der Waals surface area contributed by atoms with Crippen molar-refractivity contribution in [3.63, 3.8) is 0 Å². The van der Waals surface area contributed by atoms with Crippen LogP contribution in [-0.2, 0) is 9.37 Å². The third-order valence-electron chi connectivity index (χ3n) is 1.30. The summed E-state index contributed by atoms with van der Waals surface area (Å²) in [5.41, 5.74) is 1.02. The Bertz CT molecular complexity index is 227. The lowest BCUT2D eigenvalue weighted by Gasteiger charge is -2.00. The minimum Gasteiger partial charge on any atom is -0.388 e. The van der Waals surface area contributed by atoms with E-state index in [0.717, 1.165) is 22.6 Å². The van der Waals surface area contributed by atoms with Gasteiger partial charge in [-0.25, -0.2) is 5.26 Å². The standard InChI is InChI=1S/C7H9NO3S/c1-8-6-2-4-7(5-3-6)12-11-10-9/h2-5,8-9H,1H3. The lowest BCUT2D eigenvalue weighted by atomic mass is 10.3. The number of anilines is 1. The monoisotopic (exact) mass is 187 g/mol. The van der Waals surface area contributed by atoms with Crippen molar-refractivity contribution < 1.29 is 14.6 Å². The maximum absolute atomic E-state index is 7.87. The van der Waals surface area contributed by atoms with Crippen LogP contribution in [0.15, 0.2) is 29.2 Å². The molecule has 0 saturated heterocycles. The molecule has 0 unspecified atom stereocenters. The summed E-state index contributed by atoms with van der Waals surface area (Å²) in [7, 11) is 1.84. The lowest BCUT2D eigenvalue weighted by molar-refractivity contribution is -0.432. The summed E-state index contributed by atoms with van der Waals surface area (Å²) < 4.78 is 4.24. The van der Waals surface area contributed by atoms with Crippen LogP contribution in [0.2, 0.25) is 0 Å². The molecule has 1 aromatic rings. The zero-order valence-corrected chi connectivity index (χ0v) is 7.30. The van der Waals surface area contributed by atoms with E-state index in [1.54, 1.807) is 0 Å². The van der Waals surface area contributed by atoms with Crippen LogP contribution in [0.25, 0.3) is 0 Å². The van der Waals surface area contributed by atoms with Crippen molar-refractivity contribution >= 4 is 17.7 Å². The van der Waals surface area contributed by atoms with Crippen LogP contribution >= 0.6 is 12.0 Å². The van der Waals surface area contributed by atoms with Gasteiger partial charge in [0.05, 0.1) is 12.0 Å². The first kappa shape index (κ1) is 9.34. The Balaban J connectivity index is 2.53. The van der Waals surface area contributed by atoms with Crippen molar-refractivity contribution in [2.45, 2.75) is 4.90 Å². The highest BCUT2D eigenvalue weighted by Crippen LogP contribution is 2.20. The Morgan fingerprint density at radius 3 is 2.50 bits per heavy atom. The quantitative estimate of drug-likeness (QED) is 0.429. The van der Waals surface area contributed by atoms with E-state index in [9.17, 15) is 0 Å². The lowest BCUT2D eigenvalue weighted by Crippen LogP contribution is -1.86. The van der Waals surface area contributed by atoms with Crippen molar-refractivity contribution in [1.29, 1.82) is 0 Å². The van der Waals surface area contributed by atoms with E-state index in [-0.39, 0.29) is 0 Å². The van der Waals surface area contributed by atoms with Crippen LogP contribution < -0.4 is 5.32 Å². The van der Waals surface area contributed by atoms with Gasteiger partial charge >= 0.3 is 0 Å². The van der Waals surface area contributed by atoms with Crippen LogP contribution in [-0.4, -0.2) is 12.3 Å². The molecule has 0 spiro atoms. The molecule has 4 nitrogen and oxygen atoms in total. The summed E-state index contributed by atoms with van der Waals surface area (Å²) in [6.07, 6.45) is 0. The normalized spacial score (nSPS) is 9.83. The van der Waals surface area contributed by atoms with E-state index in [2.05, 4.69) is 14.7 Å². The number of rotatable bonds is 4. The fraction of sp³-hybridized carbons (Fsp3) is 0.143. The van der Waals surface area contributed by atoms with Crippen LogP contribution in [0.3, 0.4) is 0 Å². The molecule has 5 heteroatoms. The summed E-state index contributed by atoms with van der Waals surface area (Å²) >= 11 is 0.940. The molecule has 0 aliphatic rings. The second-order valence-electron chi connectivity index (χ2n) is 2.00. The number of hydrogen-bond donors (Lipinski definition) is 2. The summed E-state index contributed by atoms with van der Waals surface area (Å²) in [5.74, 6) is 0. The van der Waals surface area contributed by atoms with E-state index < -0.39 is 0 Å². The smallest absolute Gasteiger partial charge is 0.0714 e. The number of benzene rings is 1. The highest BCUT2D eigenvalue weighted by molar-refractivity contribution is 7.94. The van der Waals surface area contributed by atoms with Gasteiger partial charge in [0.15, 0.2) is 0 Å². The SMILES string of the molecule is CNc1ccc(SOOO)cc1. The van der Waals surface area contributed by atoms with Crippen LogP contribution in [0.5, 0.6) is 0 Å². The third-order valence-corrected chi connectivity index (χ3v) is 1.90. The van der Waals surface area contributed by atoms with Crippen molar-refractivity contribution in [3.05, 3.63) is 24.3 Å². The molecular weight excluding hydrogens is 178 g/mol. The molecule has 66 valence electrons. The third kappa shape index (κ3) is 2.71. The van der Waals surface area contributed by atoms with Crippen LogP contribution in [0, 0.1) is 0 Å². The molecule has 0 bridgehead atoms. The Morgan fingerprint density at radius 2 is 2.00 bits per heavy atom. The highest BCUT2D eigenvalue weighted by Gasteiger charge is 1.94. The molecule has 0 aliphatic carbocycles. The second kappa shape index (κ2) is 5.00. The minimum absolute atomic E-state index is 0.850. The molecule has 0 aliphatic heterocycles. The van der Waals surface area contributed by atoms with Gasteiger partial charge in [-0.1, -0.05) is 5.04 Å². The number of hydrogen-bond acceptors (Lipinski definition) is 5. The molecule has 0 fully saturated rings. The Morgan fingerprint density at radius 1 is 1.33 bits per heavy atom. The maximum atomic E-state index is 7.87. The minimum atomic E-state index is 0.850. The Labute approximate surface area is 74.6 Å². The zero-order chi connectivity index (χ0) is 8.81. The first-order chi connectivity index (χ1) is 5.86. The van der Waals surface area contributed by atoms with Crippen molar-refractivity contribution in [3.8, 4) is 0 Å². The van der Waals surface area contributed by atoms with E-state index in [1.165, 1.54) is 0 Å². The average molecular weight is 187 g/mol. The van der Waals surface area contributed by atoms with E-state index >= 15 is 0 Å². The van der Waals surface area contributed by atoms with E-state index in [1.807, 2.05) is 31.3 Å². The first-order valence-electron chi connectivity index (χ1n) is 3.29. The molecular formula is C7H9NO3S. The molecule has 1 aromatic carbocycles.